The maximum Gasteiger partial charge on any atom is 0.282 e. The fraction of sp³-hybridized carbons (Fsp3) is 0.350. The highest BCUT2D eigenvalue weighted by Crippen LogP contribution is 2.31. The van der Waals surface area contributed by atoms with Crippen molar-refractivity contribution < 1.29 is 32.3 Å². The van der Waals surface area contributed by atoms with Crippen LogP contribution in [-0.4, -0.2) is 32.7 Å². The van der Waals surface area contributed by atoms with Crippen molar-refractivity contribution in [3.8, 4) is 11.5 Å². The Hall–Kier alpha value is -2.74. The summed E-state index contributed by atoms with van der Waals surface area (Å²) >= 11 is 0. The van der Waals surface area contributed by atoms with Crippen LogP contribution in [0.25, 0.3) is 0 Å². The van der Waals surface area contributed by atoms with Crippen LogP contribution in [0, 0.1) is 17.5 Å². The molecule has 1 aliphatic rings. The molecule has 1 unspecified atom stereocenters. The van der Waals surface area contributed by atoms with Crippen molar-refractivity contribution in [3.05, 3.63) is 52.8 Å². The minimum Gasteiger partial charge on any atom is -0.493 e. The zero-order valence-corrected chi connectivity index (χ0v) is 15.9. The molecule has 1 amide bonds. The predicted octanol–water partition coefficient (Wildman–Crippen LogP) is 2.09. The van der Waals surface area contributed by atoms with Gasteiger partial charge < -0.3 is 19.7 Å². The molecule has 0 saturated carbocycles. The van der Waals surface area contributed by atoms with E-state index in [9.17, 15) is 18.0 Å². The van der Waals surface area contributed by atoms with Crippen molar-refractivity contribution in [1.29, 1.82) is 0 Å². The third-order valence-corrected chi connectivity index (χ3v) is 5.14. The highest BCUT2D eigenvalue weighted by Gasteiger charge is 2.30. The van der Waals surface area contributed by atoms with E-state index in [-0.39, 0.29) is 5.69 Å². The summed E-state index contributed by atoms with van der Waals surface area (Å²) in [6, 6.07) is 5.10. The predicted molar refractivity (Wildman–Crippen MR) is 97.2 cm³/mol. The molecule has 0 saturated heterocycles. The Morgan fingerprint density at radius 1 is 1.07 bits per heavy atom. The van der Waals surface area contributed by atoms with Gasteiger partial charge in [-0.1, -0.05) is 0 Å². The van der Waals surface area contributed by atoms with Crippen molar-refractivity contribution in [1.82, 2.24) is 0 Å². The number of rotatable bonds is 5. The highest BCUT2D eigenvalue weighted by atomic mass is 19.2. The first-order valence-corrected chi connectivity index (χ1v) is 8.88. The molecular formula is C20H22F3N2O3+. The van der Waals surface area contributed by atoms with Crippen molar-refractivity contribution >= 4 is 11.6 Å². The number of ether oxygens (including phenoxy) is 2. The Labute approximate surface area is 161 Å². The van der Waals surface area contributed by atoms with Gasteiger partial charge in [0.2, 0.25) is 0 Å². The molecular weight excluding hydrogens is 373 g/mol. The zero-order valence-electron chi connectivity index (χ0n) is 15.9. The van der Waals surface area contributed by atoms with Gasteiger partial charge in [0.25, 0.3) is 5.91 Å². The third-order valence-electron chi connectivity index (χ3n) is 5.14. The van der Waals surface area contributed by atoms with E-state index in [0.717, 1.165) is 34.6 Å². The lowest BCUT2D eigenvalue weighted by Gasteiger charge is -2.30. The number of hydrogen-bond donors (Lipinski definition) is 2. The lowest BCUT2D eigenvalue weighted by Crippen LogP contribution is -3.16. The molecule has 2 N–H and O–H groups in total. The maximum atomic E-state index is 13.8. The van der Waals surface area contributed by atoms with Crippen LogP contribution in [-0.2, 0) is 17.8 Å². The summed E-state index contributed by atoms with van der Waals surface area (Å²) in [6.07, 6.45) is 0.738. The minimum atomic E-state index is -1.61. The second-order valence-corrected chi connectivity index (χ2v) is 6.74. The van der Waals surface area contributed by atoms with E-state index in [1.165, 1.54) is 0 Å². The van der Waals surface area contributed by atoms with E-state index < -0.39 is 29.4 Å². The average Bonchev–Trinajstić information content (AvgIpc) is 2.71. The number of carbonyl (C=O) groups excluding carboxylic acids is 1. The molecule has 3 rings (SSSR count). The number of anilines is 1. The van der Waals surface area contributed by atoms with Gasteiger partial charge in [-0.15, -0.1) is 0 Å². The van der Waals surface area contributed by atoms with Gasteiger partial charge in [-0.2, -0.15) is 0 Å². The monoisotopic (exact) mass is 395 g/mol. The van der Waals surface area contributed by atoms with Gasteiger partial charge in [0.1, 0.15) is 6.54 Å². The molecule has 2 atom stereocenters. The van der Waals surface area contributed by atoms with Crippen LogP contribution in [0.4, 0.5) is 18.9 Å². The molecule has 0 bridgehead atoms. The zero-order chi connectivity index (χ0) is 20.4. The Bertz CT molecular complexity index is 905. The van der Waals surface area contributed by atoms with Gasteiger partial charge in [-0.05, 0) is 36.8 Å². The summed E-state index contributed by atoms with van der Waals surface area (Å²) in [6.45, 7) is 2.98. The van der Waals surface area contributed by atoms with Crippen LogP contribution in [0.2, 0.25) is 0 Å². The molecule has 5 nitrogen and oxygen atoms in total. The Morgan fingerprint density at radius 3 is 2.36 bits per heavy atom. The lowest BCUT2D eigenvalue weighted by molar-refractivity contribution is -0.929. The SMILES string of the molecule is COc1cc2c(cc1OC)C[NH+]([C@H](C)C(=O)Nc1ccc(F)c(F)c1F)CC2. The molecule has 150 valence electrons. The fourth-order valence-electron chi connectivity index (χ4n) is 3.41. The highest BCUT2D eigenvalue weighted by molar-refractivity contribution is 5.93. The number of halogens is 3. The van der Waals surface area contributed by atoms with Crippen LogP contribution < -0.4 is 19.7 Å². The molecule has 2 aromatic carbocycles. The fourth-order valence-corrected chi connectivity index (χ4v) is 3.41. The first-order chi connectivity index (χ1) is 13.3. The molecule has 2 aromatic rings. The molecule has 1 aliphatic heterocycles. The first kappa shape index (κ1) is 20.0. The molecule has 8 heteroatoms. The van der Waals surface area contributed by atoms with Gasteiger partial charge in [-0.25, -0.2) is 13.2 Å². The molecule has 0 radical (unpaired) electrons. The molecule has 0 fully saturated rings. The largest absolute Gasteiger partial charge is 0.493 e. The molecule has 1 heterocycles. The lowest BCUT2D eigenvalue weighted by atomic mass is 9.97. The van der Waals surface area contributed by atoms with E-state index in [0.29, 0.717) is 24.6 Å². The number of benzene rings is 2. The topological polar surface area (TPSA) is 52.0 Å². The van der Waals surface area contributed by atoms with Crippen molar-refractivity contribution in [3.63, 3.8) is 0 Å². The second kappa shape index (κ2) is 8.10. The van der Waals surface area contributed by atoms with E-state index in [1.54, 1.807) is 21.1 Å². The van der Waals surface area contributed by atoms with Crippen LogP contribution in [0.5, 0.6) is 11.5 Å². The number of quaternary nitrogens is 1. The van der Waals surface area contributed by atoms with Crippen LogP contribution >= 0.6 is 0 Å². The Kier molecular flexibility index (Phi) is 5.79. The number of carbonyl (C=O) groups is 1. The van der Waals surface area contributed by atoms with Crippen molar-refractivity contribution in [2.45, 2.75) is 25.9 Å². The number of amides is 1. The smallest absolute Gasteiger partial charge is 0.282 e. The van der Waals surface area contributed by atoms with Gasteiger partial charge in [0.15, 0.2) is 35.0 Å². The van der Waals surface area contributed by atoms with Gasteiger partial charge in [0, 0.05) is 12.0 Å². The van der Waals surface area contributed by atoms with Crippen LogP contribution in [0.1, 0.15) is 18.1 Å². The number of methoxy groups -OCH3 is 2. The van der Waals surface area contributed by atoms with E-state index in [1.807, 2.05) is 12.1 Å². The summed E-state index contributed by atoms with van der Waals surface area (Å²) in [5.74, 6) is -3.51. The Balaban J connectivity index is 1.74. The number of fused-ring (bicyclic) bond motifs is 1. The standard InChI is InChI=1S/C20H21F3N2O3/c1-11(20(26)24-15-5-4-14(21)18(22)19(15)23)25-7-6-12-8-16(27-2)17(28-3)9-13(12)10-25/h4-5,8-9,11H,6-7,10H2,1-3H3,(H,24,26)/p+1/t11-/m1/s1. The maximum absolute atomic E-state index is 13.8. The first-order valence-electron chi connectivity index (χ1n) is 8.88. The second-order valence-electron chi connectivity index (χ2n) is 6.74. The Morgan fingerprint density at radius 2 is 1.71 bits per heavy atom. The summed E-state index contributed by atoms with van der Waals surface area (Å²) in [4.78, 5) is 13.5. The summed E-state index contributed by atoms with van der Waals surface area (Å²) in [5.41, 5.74) is 1.79. The van der Waals surface area contributed by atoms with Crippen LogP contribution in [0.15, 0.2) is 24.3 Å². The third kappa shape index (κ3) is 3.77. The van der Waals surface area contributed by atoms with Crippen molar-refractivity contribution in [2.24, 2.45) is 0 Å². The van der Waals surface area contributed by atoms with Gasteiger partial charge >= 0.3 is 0 Å². The quantitative estimate of drug-likeness (QED) is 0.763. The van der Waals surface area contributed by atoms with E-state index in [2.05, 4.69) is 5.32 Å². The summed E-state index contributed by atoms with van der Waals surface area (Å²) < 4.78 is 50.9. The van der Waals surface area contributed by atoms with Crippen molar-refractivity contribution in [2.75, 3.05) is 26.1 Å². The van der Waals surface area contributed by atoms with E-state index in [4.69, 9.17) is 9.47 Å². The molecule has 0 aliphatic carbocycles. The van der Waals surface area contributed by atoms with Gasteiger partial charge in [0.05, 0.1) is 26.5 Å². The van der Waals surface area contributed by atoms with Gasteiger partial charge in [-0.3, -0.25) is 4.79 Å². The van der Waals surface area contributed by atoms with E-state index >= 15 is 0 Å². The number of hydrogen-bond acceptors (Lipinski definition) is 3. The summed E-state index contributed by atoms with van der Waals surface area (Å²) in [5, 5.41) is 2.35. The normalized spacial score (nSPS) is 16.9. The average molecular weight is 395 g/mol. The minimum absolute atomic E-state index is 0.376. The molecule has 0 spiro atoms. The molecule has 28 heavy (non-hydrogen) atoms. The summed E-state index contributed by atoms with van der Waals surface area (Å²) in [7, 11) is 3.14. The number of nitrogens with one attached hydrogen (secondary N) is 2. The molecule has 0 aromatic heterocycles. The van der Waals surface area contributed by atoms with Crippen LogP contribution in [0.3, 0.4) is 0 Å².